The van der Waals surface area contributed by atoms with Crippen molar-refractivity contribution in [2.75, 3.05) is 27.3 Å². The van der Waals surface area contributed by atoms with E-state index in [1.807, 2.05) is 341 Å². The molecule has 4 aliphatic heterocycles. The van der Waals surface area contributed by atoms with E-state index in [4.69, 9.17) is 80.5 Å². The molecule has 27 heteroatoms. The van der Waals surface area contributed by atoms with Crippen LogP contribution in [0.2, 0.25) is 0 Å². The number of alkyl halides is 2. The van der Waals surface area contributed by atoms with Gasteiger partial charge in [-0.25, -0.2) is 8.78 Å². The first kappa shape index (κ1) is 106. The third kappa shape index (κ3) is 33.3. The van der Waals surface area contributed by atoms with Gasteiger partial charge in [0.25, 0.3) is 0 Å². The summed E-state index contributed by atoms with van der Waals surface area (Å²) in [7, 11) is 3.05. The number of aliphatic hydroxyl groups excluding tert-OH is 1. The van der Waals surface area contributed by atoms with Crippen molar-refractivity contribution in [3.8, 4) is 0 Å². The summed E-state index contributed by atoms with van der Waals surface area (Å²) in [5.41, 5.74) is 8.81. The van der Waals surface area contributed by atoms with Crippen molar-refractivity contribution in [3.05, 3.63) is 389 Å². The third-order valence-corrected chi connectivity index (χ3v) is 24.4. The van der Waals surface area contributed by atoms with Gasteiger partial charge in [0.2, 0.25) is 24.5 Å². The summed E-state index contributed by atoms with van der Waals surface area (Å²) in [4.78, 5) is 50.8. The van der Waals surface area contributed by atoms with E-state index in [-0.39, 0.29) is 104 Å². The molecular weight excluding hydrogens is 1780 g/mol. The number of hydrogen-bond donors (Lipinski definition) is 3. The van der Waals surface area contributed by atoms with Crippen molar-refractivity contribution in [1.82, 2.24) is 10.6 Å². The van der Waals surface area contributed by atoms with Crippen LogP contribution in [0.4, 0.5) is 8.78 Å². The Morgan fingerprint density at radius 1 is 0.290 bits per heavy atom. The molecule has 0 spiro atoms. The number of carbonyl (C=O) groups is 4. The van der Waals surface area contributed by atoms with Crippen LogP contribution >= 0.6 is 11.8 Å². The fourth-order valence-electron chi connectivity index (χ4n) is 16.0. The second-order valence-corrected chi connectivity index (χ2v) is 34.5. The highest BCUT2D eigenvalue weighted by molar-refractivity contribution is 7.99. The van der Waals surface area contributed by atoms with E-state index in [9.17, 15) is 24.3 Å². The molecule has 24 nitrogen and oxygen atoms in total. The molecule has 0 aromatic heterocycles. The molecule has 4 saturated heterocycles. The van der Waals surface area contributed by atoms with Crippen molar-refractivity contribution in [2.24, 2.45) is 0 Å². The van der Waals surface area contributed by atoms with Gasteiger partial charge in [0.05, 0.1) is 104 Å². The molecule has 0 aliphatic carbocycles. The van der Waals surface area contributed by atoms with Gasteiger partial charge in [-0.15, -0.1) is 0 Å². The average molecular weight is 1910 g/mol. The van der Waals surface area contributed by atoms with Crippen molar-refractivity contribution in [3.63, 3.8) is 0 Å². The maximum Gasteiger partial charge on any atom is 0.306 e. The molecule has 9 unspecified atom stereocenters. The van der Waals surface area contributed by atoms with Crippen LogP contribution in [-0.2, 0) is 166 Å². The van der Waals surface area contributed by atoms with Crippen molar-refractivity contribution in [2.45, 2.75) is 240 Å². The fourth-order valence-corrected chi connectivity index (χ4v) is 17.1. The van der Waals surface area contributed by atoms with Gasteiger partial charge in [0.15, 0.2) is 18.5 Å². The predicted octanol–water partition coefficient (Wildman–Crippen LogP) is 18.0. The second kappa shape index (κ2) is 57.4. The Morgan fingerprint density at radius 3 is 0.826 bits per heavy atom. The van der Waals surface area contributed by atoms with Crippen molar-refractivity contribution >= 4 is 35.5 Å². The number of esters is 2. The molecule has 0 bridgehead atoms. The van der Waals surface area contributed by atoms with Gasteiger partial charge in [0, 0.05) is 31.8 Å². The number of thioether (sulfide) groups is 1. The molecule has 20 atom stereocenters. The fraction of sp³-hybridized carbons (Fsp3) is 0.369. The first-order valence-corrected chi connectivity index (χ1v) is 47.2. The van der Waals surface area contributed by atoms with Gasteiger partial charge in [0.1, 0.15) is 78.7 Å². The van der Waals surface area contributed by atoms with E-state index in [1.54, 1.807) is 18.7 Å². The number of carbonyl (C=O) groups excluding carboxylic acids is 4. The Morgan fingerprint density at radius 2 is 0.529 bits per heavy atom. The third-order valence-electron chi connectivity index (χ3n) is 23.3. The first-order chi connectivity index (χ1) is 67.1. The monoisotopic (exact) mass is 1910 g/mol. The highest BCUT2D eigenvalue weighted by Gasteiger charge is 2.54. The van der Waals surface area contributed by atoms with E-state index in [2.05, 4.69) is 10.6 Å². The second-order valence-electron chi connectivity index (χ2n) is 33.3. The predicted molar refractivity (Wildman–Crippen MR) is 517 cm³/mol. The Labute approximate surface area is 811 Å². The van der Waals surface area contributed by atoms with E-state index >= 15 is 8.78 Å². The maximum atomic E-state index is 16.7. The topological polar surface area (TPSA) is 269 Å². The summed E-state index contributed by atoms with van der Waals surface area (Å²) in [6.07, 6.45) is -18.4. The Balaban J connectivity index is 0.000000199. The summed E-state index contributed by atoms with van der Waals surface area (Å²) < 4.78 is 139. The molecule has 4 aliphatic rings. The molecule has 11 aromatic rings. The summed E-state index contributed by atoms with van der Waals surface area (Å²) in [5, 5.41) is 15.0. The zero-order valence-corrected chi connectivity index (χ0v) is 78.1. The Kier molecular flexibility index (Phi) is 44.0. The maximum absolute atomic E-state index is 16.7. The summed E-state index contributed by atoms with van der Waals surface area (Å²) >= 11 is 1.55. The lowest BCUT2D eigenvalue weighted by atomic mass is 9.97. The first-order valence-electron chi connectivity index (χ1n) is 46.3. The smallest absolute Gasteiger partial charge is 0.306 e. The van der Waals surface area contributed by atoms with Gasteiger partial charge in [-0.2, -0.15) is 0 Å². The highest BCUT2D eigenvalue weighted by atomic mass is 32.2. The number of benzene rings is 11. The molecule has 15 rings (SSSR count). The van der Waals surface area contributed by atoms with Crippen LogP contribution in [-0.4, -0.2) is 178 Å². The average Bonchev–Trinajstić information content (AvgIpc) is 0.770. The Bertz CT molecular complexity index is 5240. The van der Waals surface area contributed by atoms with Gasteiger partial charge >= 0.3 is 11.9 Å². The number of halogens is 2. The number of amides is 2. The summed E-state index contributed by atoms with van der Waals surface area (Å²) in [6, 6.07) is 107. The largest absolute Gasteiger partial charge is 0.457 e. The number of ether oxygens (including phenoxy) is 17. The van der Waals surface area contributed by atoms with E-state index in [0.717, 1.165) is 60.5 Å². The van der Waals surface area contributed by atoms with Crippen molar-refractivity contribution in [1.29, 1.82) is 0 Å². The lowest BCUT2D eigenvalue weighted by molar-refractivity contribution is -0.335. The molecule has 4 fully saturated rings. The van der Waals surface area contributed by atoms with Crippen LogP contribution in [0.25, 0.3) is 0 Å². The number of aliphatic hydroxyl groups is 1. The van der Waals surface area contributed by atoms with Gasteiger partial charge in [-0.05, 0) is 81.6 Å². The normalized spacial score (nSPS) is 24.4. The van der Waals surface area contributed by atoms with Gasteiger partial charge < -0.3 is 96.3 Å². The van der Waals surface area contributed by atoms with Crippen LogP contribution in [0.15, 0.2) is 339 Å². The lowest BCUT2D eigenvalue weighted by Crippen LogP contribution is -2.62. The van der Waals surface area contributed by atoms with E-state index < -0.39 is 141 Å². The minimum absolute atomic E-state index is 0. The number of nitrogens with one attached hydrogen (secondary N) is 2. The van der Waals surface area contributed by atoms with E-state index in [0.29, 0.717) is 13.2 Å². The van der Waals surface area contributed by atoms with Crippen molar-refractivity contribution < 1.29 is 114 Å². The minimum Gasteiger partial charge on any atom is -0.457 e. The highest BCUT2D eigenvalue weighted by Crippen LogP contribution is 2.40. The molecule has 0 saturated carbocycles. The van der Waals surface area contributed by atoms with Gasteiger partial charge in [-0.3, -0.25) is 19.2 Å². The molecular formula is C111H126F2N2O22S. The molecule has 4 heterocycles. The van der Waals surface area contributed by atoms with Gasteiger partial charge in [-0.1, -0.05) is 341 Å². The van der Waals surface area contributed by atoms with Crippen LogP contribution in [0, 0.1) is 0 Å². The van der Waals surface area contributed by atoms with E-state index in [1.165, 1.54) is 14.1 Å². The zero-order valence-electron chi connectivity index (χ0n) is 77.3. The lowest BCUT2D eigenvalue weighted by Gasteiger charge is -2.46. The quantitative estimate of drug-likeness (QED) is 0.0299. The SMILES string of the molecule is C.CNC(=O)CCC(=O)O[C@@H]1C(C)OC(OC[C@@H]2O[C@H](F)C(OCc3ccccc3)C(OCc3ccccc3)[C@@H]2OCc2ccccc2)C(OCc2ccccc2)[C@H]1OCc1ccccc1.CNC(=O)CCC(=O)O[C@@H]1C(C)O[C@H](Sc2ccccc2)C(OCc2ccccc2)[C@H]1OCc1ccccc1.OCC1O[C@H](F)C(OCc2ccccc2)[C@H](OCc2ccccc2)[C@H]1OCc1ccccc1. The van der Waals surface area contributed by atoms with Crippen LogP contribution < -0.4 is 10.6 Å². The molecule has 732 valence electrons. The van der Waals surface area contributed by atoms with Crippen LogP contribution in [0.1, 0.15) is 103 Å². The Hall–Kier alpha value is -11.1. The number of hydrogen-bond acceptors (Lipinski definition) is 23. The molecule has 11 aromatic carbocycles. The number of rotatable bonds is 44. The molecule has 0 radical (unpaired) electrons. The molecule has 3 N–H and O–H groups in total. The molecule has 2 amide bonds. The van der Waals surface area contributed by atoms with Crippen LogP contribution in [0.3, 0.4) is 0 Å². The van der Waals surface area contributed by atoms with Crippen LogP contribution in [0.5, 0.6) is 0 Å². The zero-order chi connectivity index (χ0) is 95.6. The minimum atomic E-state index is -1.93. The standard InChI is InChI=1S/C52H58FNO11.C31H35NO6S.C27H29FO5.CH4/c1-36-45(65-44(56)29-28-43(55)54-2)47(58-31-38-20-10-4-11-21-38)50(61-34-41-26-16-7-17-27-41)52(63-36)62-35-42-46(57-30-37-18-8-3-9-19-37)48(59-32-39-22-12-5-13-23-39)49(51(53)64-42)60-33-40-24-14-6-15-25-40;1-22-28(38-27(34)19-18-26(33)32-2)29(35-20-23-12-6-3-7-13-23)30(36-21-24-14-8-4-9-15-24)31(37-22)39-25-16-10-5-11-17-25;28-27-26(32-19-22-14-8-3-9-15-22)25(31-18-21-12-6-2-7-13-21)24(23(16-29)33-27)30-17-20-10-4-1-5-11-20;/h3-27,36,42,45-52H,28-35H2,1-2H3,(H,54,55);3-17,22,28-31H,18-21H2,1-2H3,(H,32,33);1-15,23-27,29H,16-19H2;1H4/t36?,42-,45+,46+,47-,48?,49?,50?,51-,52?;22?,28-,29+,30?,31-;23?,24-,25+,26?,27-;/m010./s1. The summed E-state index contributed by atoms with van der Waals surface area (Å²) in [6.45, 7) is 5.14. The molecule has 138 heavy (non-hydrogen) atoms. The summed E-state index contributed by atoms with van der Waals surface area (Å²) in [5.74, 6) is -1.60.